The number of pyridine rings is 1. The van der Waals surface area contributed by atoms with Crippen LogP contribution in [0.25, 0.3) is 10.8 Å². The highest BCUT2D eigenvalue weighted by atomic mass is 28.1. The Hall–Kier alpha value is -2.86. The number of esters is 1. The van der Waals surface area contributed by atoms with Gasteiger partial charge in [0.1, 0.15) is 0 Å². The summed E-state index contributed by atoms with van der Waals surface area (Å²) >= 11 is 0. The van der Waals surface area contributed by atoms with Crippen molar-refractivity contribution in [2.45, 2.75) is 6.04 Å². The van der Waals surface area contributed by atoms with E-state index in [0.717, 1.165) is 42.6 Å². The highest BCUT2D eigenvalue weighted by molar-refractivity contribution is 6.08. The van der Waals surface area contributed by atoms with Gasteiger partial charge < -0.3 is 14.5 Å². The van der Waals surface area contributed by atoms with Crippen LogP contribution in [0.1, 0.15) is 10.4 Å². The molecule has 0 atom stereocenters. The van der Waals surface area contributed by atoms with Gasteiger partial charge in [-0.25, -0.2) is 4.79 Å². The average Bonchev–Trinajstić information content (AvgIpc) is 2.77. The van der Waals surface area contributed by atoms with Crippen LogP contribution < -0.4 is 9.80 Å². The second-order valence-electron chi connectivity index (χ2n) is 6.79. The fourth-order valence-electron chi connectivity index (χ4n) is 3.60. The first-order valence-corrected chi connectivity index (χ1v) is 10.2. The molecule has 5 nitrogen and oxygen atoms in total. The number of ether oxygens (including phenoxy) is 1. The standard InChI is InChI=1S/C22H22N3O2Si/c26-22(27-12-13-28)17-6-7-18-15-23-16-21(20(18)14-17)25-10-8-24(9-11-25)19-4-2-1-3-5-19/h1-7,14-16H,8-13H2. The van der Waals surface area contributed by atoms with Crippen molar-refractivity contribution < 1.29 is 9.53 Å². The molecule has 1 aromatic heterocycles. The number of anilines is 2. The Labute approximate surface area is 168 Å². The van der Waals surface area contributed by atoms with E-state index in [1.165, 1.54) is 5.69 Å². The Morgan fingerprint density at radius 3 is 2.50 bits per heavy atom. The summed E-state index contributed by atoms with van der Waals surface area (Å²) in [4.78, 5) is 21.4. The minimum absolute atomic E-state index is 0.295. The van der Waals surface area contributed by atoms with E-state index in [1.807, 2.05) is 30.6 Å². The Morgan fingerprint density at radius 2 is 1.75 bits per heavy atom. The number of rotatable bonds is 5. The van der Waals surface area contributed by atoms with Crippen LogP contribution in [0.3, 0.4) is 0 Å². The number of hydrogen-bond acceptors (Lipinski definition) is 5. The molecule has 0 amide bonds. The van der Waals surface area contributed by atoms with Gasteiger partial charge in [-0.2, -0.15) is 0 Å². The van der Waals surface area contributed by atoms with Crippen molar-refractivity contribution in [3.63, 3.8) is 0 Å². The fourth-order valence-corrected chi connectivity index (χ4v) is 3.70. The predicted octanol–water partition coefficient (Wildman–Crippen LogP) is 3.31. The number of fused-ring (bicyclic) bond motifs is 1. The number of para-hydroxylation sites is 1. The number of nitrogens with zero attached hydrogens (tertiary/aromatic N) is 3. The van der Waals surface area contributed by atoms with Gasteiger partial charge in [-0.3, -0.25) is 4.98 Å². The number of hydrogen-bond donors (Lipinski definition) is 0. The van der Waals surface area contributed by atoms with E-state index >= 15 is 0 Å². The molecule has 6 heteroatoms. The maximum atomic E-state index is 12.3. The van der Waals surface area contributed by atoms with Gasteiger partial charge in [-0.1, -0.05) is 24.3 Å². The van der Waals surface area contributed by atoms with E-state index in [0.29, 0.717) is 18.2 Å². The van der Waals surface area contributed by atoms with Crippen LogP contribution in [-0.2, 0) is 4.74 Å². The van der Waals surface area contributed by atoms with Crippen LogP contribution >= 0.6 is 0 Å². The van der Waals surface area contributed by atoms with Crippen LogP contribution in [0.15, 0.2) is 60.9 Å². The largest absolute Gasteiger partial charge is 0.462 e. The Kier molecular flexibility index (Phi) is 5.57. The summed E-state index contributed by atoms with van der Waals surface area (Å²) in [5.74, 6) is -0.295. The summed E-state index contributed by atoms with van der Waals surface area (Å²) in [5.41, 5.74) is 2.90. The van der Waals surface area contributed by atoms with E-state index in [9.17, 15) is 4.79 Å². The number of carbonyl (C=O) groups excluding carboxylic acids is 1. The molecule has 0 aliphatic carbocycles. The summed E-state index contributed by atoms with van der Waals surface area (Å²) in [6.07, 6.45) is 3.74. The molecule has 3 radical (unpaired) electrons. The molecule has 1 fully saturated rings. The lowest BCUT2D eigenvalue weighted by molar-refractivity contribution is 0.0527. The molecule has 0 N–H and O–H groups in total. The SMILES string of the molecule is O=C(OCC[Si])c1ccc2cncc(N3CCN(c4ccccc4)CC3)c2c1. The zero-order valence-corrected chi connectivity index (χ0v) is 16.7. The topological polar surface area (TPSA) is 45.7 Å². The average molecular weight is 389 g/mol. The van der Waals surface area contributed by atoms with Crippen molar-refractivity contribution in [2.75, 3.05) is 42.6 Å². The third kappa shape index (κ3) is 3.87. The number of carbonyl (C=O) groups is 1. The predicted molar refractivity (Wildman–Crippen MR) is 113 cm³/mol. The molecular weight excluding hydrogens is 366 g/mol. The van der Waals surface area contributed by atoms with Crippen LogP contribution in [0.4, 0.5) is 11.4 Å². The molecule has 0 saturated carbocycles. The second-order valence-corrected chi connectivity index (χ2v) is 7.29. The van der Waals surface area contributed by atoms with Crippen LogP contribution in [0, 0.1) is 0 Å². The monoisotopic (exact) mass is 388 g/mol. The fraction of sp³-hybridized carbons (Fsp3) is 0.273. The lowest BCUT2D eigenvalue weighted by atomic mass is 10.1. The first-order valence-electron chi connectivity index (χ1n) is 9.51. The van der Waals surface area contributed by atoms with Crippen LogP contribution in [-0.4, -0.2) is 54.0 Å². The smallest absolute Gasteiger partial charge is 0.338 e. The van der Waals surface area contributed by atoms with E-state index in [2.05, 4.69) is 49.3 Å². The van der Waals surface area contributed by atoms with Crippen LogP contribution in [0.2, 0.25) is 6.04 Å². The van der Waals surface area contributed by atoms with Gasteiger partial charge in [-0.05, 0) is 30.3 Å². The number of benzene rings is 2. The zero-order valence-electron chi connectivity index (χ0n) is 15.7. The summed E-state index contributed by atoms with van der Waals surface area (Å²) in [6.45, 7) is 4.08. The normalized spacial score (nSPS) is 14.3. The lowest BCUT2D eigenvalue weighted by Gasteiger charge is -2.37. The molecule has 28 heavy (non-hydrogen) atoms. The van der Waals surface area contributed by atoms with Crippen molar-refractivity contribution in [1.82, 2.24) is 4.98 Å². The van der Waals surface area contributed by atoms with Crippen molar-refractivity contribution in [3.05, 3.63) is 66.5 Å². The van der Waals surface area contributed by atoms with E-state index < -0.39 is 0 Å². The molecule has 2 aromatic carbocycles. The van der Waals surface area contributed by atoms with E-state index in [4.69, 9.17) is 4.74 Å². The van der Waals surface area contributed by atoms with Gasteiger partial charge in [-0.15, -0.1) is 0 Å². The van der Waals surface area contributed by atoms with Crippen molar-refractivity contribution in [1.29, 1.82) is 0 Å². The Balaban J connectivity index is 1.56. The summed E-state index contributed by atoms with van der Waals surface area (Å²) in [7, 11) is 3.33. The van der Waals surface area contributed by atoms with Gasteiger partial charge in [0, 0.05) is 59.1 Å². The number of aromatic nitrogens is 1. The van der Waals surface area contributed by atoms with Gasteiger partial charge in [0.05, 0.1) is 24.1 Å². The van der Waals surface area contributed by atoms with Gasteiger partial charge >= 0.3 is 5.97 Å². The first-order chi connectivity index (χ1) is 13.8. The van der Waals surface area contributed by atoms with Gasteiger partial charge in [0.2, 0.25) is 0 Å². The summed E-state index contributed by atoms with van der Waals surface area (Å²) < 4.78 is 5.25. The van der Waals surface area contributed by atoms with Gasteiger partial charge in [0.15, 0.2) is 0 Å². The molecule has 0 spiro atoms. The summed E-state index contributed by atoms with van der Waals surface area (Å²) in [5, 5.41) is 2.07. The third-order valence-electron chi connectivity index (χ3n) is 5.05. The molecule has 2 heterocycles. The van der Waals surface area contributed by atoms with Crippen molar-refractivity contribution in [2.24, 2.45) is 0 Å². The minimum Gasteiger partial charge on any atom is -0.462 e. The molecule has 1 aliphatic heterocycles. The first kappa shape index (κ1) is 18.5. The molecule has 141 valence electrons. The maximum absolute atomic E-state index is 12.3. The molecular formula is C22H22N3O2Si. The maximum Gasteiger partial charge on any atom is 0.338 e. The highest BCUT2D eigenvalue weighted by Gasteiger charge is 2.20. The third-order valence-corrected chi connectivity index (χ3v) is 5.26. The molecule has 0 bridgehead atoms. The molecule has 0 unspecified atom stereocenters. The lowest BCUT2D eigenvalue weighted by Crippen LogP contribution is -2.46. The van der Waals surface area contributed by atoms with Gasteiger partial charge in [0.25, 0.3) is 0 Å². The number of piperazine rings is 1. The Bertz CT molecular complexity index is 956. The molecule has 1 saturated heterocycles. The second kappa shape index (κ2) is 8.44. The van der Waals surface area contributed by atoms with Crippen molar-refractivity contribution >= 4 is 38.4 Å². The summed E-state index contributed by atoms with van der Waals surface area (Å²) in [6, 6.07) is 16.8. The minimum atomic E-state index is -0.295. The zero-order chi connectivity index (χ0) is 19.3. The quantitative estimate of drug-likeness (QED) is 0.496. The highest BCUT2D eigenvalue weighted by Crippen LogP contribution is 2.28. The molecule has 4 rings (SSSR count). The molecule has 3 aromatic rings. The van der Waals surface area contributed by atoms with E-state index in [-0.39, 0.29) is 5.97 Å². The van der Waals surface area contributed by atoms with Crippen molar-refractivity contribution in [3.8, 4) is 0 Å². The van der Waals surface area contributed by atoms with Crippen LogP contribution in [0.5, 0.6) is 0 Å². The van der Waals surface area contributed by atoms with E-state index in [1.54, 1.807) is 6.07 Å². The molecule has 1 aliphatic rings. The Morgan fingerprint density at radius 1 is 1.00 bits per heavy atom.